The zero-order valence-corrected chi connectivity index (χ0v) is 13.5. The molecule has 7 nitrogen and oxygen atoms in total. The Labute approximate surface area is 141 Å². The Morgan fingerprint density at radius 3 is 2.58 bits per heavy atom. The van der Waals surface area contributed by atoms with Gasteiger partial charge in [0.05, 0.1) is 9.80 Å². The van der Waals surface area contributed by atoms with Crippen molar-refractivity contribution in [1.29, 1.82) is 0 Å². The van der Waals surface area contributed by atoms with Crippen LogP contribution in [0.1, 0.15) is 43.3 Å². The van der Waals surface area contributed by atoms with E-state index in [0.717, 1.165) is 31.7 Å². The summed E-state index contributed by atoms with van der Waals surface area (Å²) in [6.07, 6.45) is 4.25. The zero-order valence-electron chi connectivity index (χ0n) is 12.7. The van der Waals surface area contributed by atoms with Crippen LogP contribution in [0.15, 0.2) is 30.3 Å². The predicted molar refractivity (Wildman–Crippen MR) is 89.0 cm³/mol. The van der Waals surface area contributed by atoms with Crippen LogP contribution >= 0.6 is 11.3 Å². The standard InChI is InChI=1S/C16H15N3O4S/c20-15(11-5-3-6-12(8-11)19(22)23)17-18-16(21)14-9-10-4-1-2-7-13(10)24-14/h3,5-6,8-9H,1-2,4,7H2,(H,17,20)(H,18,21). The summed E-state index contributed by atoms with van der Waals surface area (Å²) in [5.41, 5.74) is 5.78. The molecule has 1 aromatic heterocycles. The summed E-state index contributed by atoms with van der Waals surface area (Å²) in [7, 11) is 0. The number of non-ortho nitro benzene ring substituents is 1. The first-order valence-electron chi connectivity index (χ1n) is 7.51. The summed E-state index contributed by atoms with van der Waals surface area (Å²) in [6, 6.07) is 7.19. The lowest BCUT2D eigenvalue weighted by Crippen LogP contribution is -2.41. The number of nitro benzene ring substituents is 1. The highest BCUT2D eigenvalue weighted by molar-refractivity contribution is 7.14. The topological polar surface area (TPSA) is 101 Å². The molecular formula is C16H15N3O4S. The van der Waals surface area contributed by atoms with Crippen LogP contribution in [0.2, 0.25) is 0 Å². The van der Waals surface area contributed by atoms with Crippen molar-refractivity contribution in [3.05, 3.63) is 61.3 Å². The summed E-state index contributed by atoms with van der Waals surface area (Å²) < 4.78 is 0. The Kier molecular flexibility index (Phi) is 4.57. The van der Waals surface area contributed by atoms with Crippen molar-refractivity contribution in [2.45, 2.75) is 25.7 Å². The van der Waals surface area contributed by atoms with Crippen LogP contribution in [0.3, 0.4) is 0 Å². The summed E-state index contributed by atoms with van der Waals surface area (Å²) in [4.78, 5) is 36.1. The second-order valence-corrected chi connectivity index (χ2v) is 6.62. The first kappa shape index (κ1) is 16.1. The molecule has 124 valence electrons. The van der Waals surface area contributed by atoms with Gasteiger partial charge in [-0.3, -0.25) is 30.6 Å². The smallest absolute Gasteiger partial charge is 0.267 e. The summed E-state index contributed by atoms with van der Waals surface area (Å²) in [6.45, 7) is 0. The van der Waals surface area contributed by atoms with Gasteiger partial charge in [0, 0.05) is 22.6 Å². The number of hydrazine groups is 1. The van der Waals surface area contributed by atoms with Gasteiger partial charge in [-0.25, -0.2) is 0 Å². The molecule has 1 heterocycles. The lowest BCUT2D eigenvalue weighted by Gasteiger charge is -2.08. The predicted octanol–water partition coefficient (Wildman–Crippen LogP) is 2.61. The molecule has 0 unspecified atom stereocenters. The Morgan fingerprint density at radius 1 is 1.08 bits per heavy atom. The highest BCUT2D eigenvalue weighted by atomic mass is 32.1. The molecule has 8 heteroatoms. The number of nitrogens with zero attached hydrogens (tertiary/aromatic N) is 1. The van der Waals surface area contributed by atoms with Crippen LogP contribution in [0, 0.1) is 10.1 Å². The number of aryl methyl sites for hydroxylation is 2. The maximum atomic E-state index is 12.1. The quantitative estimate of drug-likeness (QED) is 0.659. The molecule has 2 N–H and O–H groups in total. The van der Waals surface area contributed by atoms with Crippen LogP contribution in [-0.2, 0) is 12.8 Å². The van der Waals surface area contributed by atoms with E-state index in [9.17, 15) is 19.7 Å². The fourth-order valence-corrected chi connectivity index (χ4v) is 3.76. The Morgan fingerprint density at radius 2 is 1.83 bits per heavy atom. The molecule has 24 heavy (non-hydrogen) atoms. The number of hydrogen-bond acceptors (Lipinski definition) is 5. The van der Waals surface area contributed by atoms with E-state index in [1.807, 2.05) is 6.07 Å². The normalized spacial score (nSPS) is 13.0. The van der Waals surface area contributed by atoms with Gasteiger partial charge in [-0.15, -0.1) is 11.3 Å². The number of hydrogen-bond donors (Lipinski definition) is 2. The first-order chi connectivity index (χ1) is 11.5. The molecule has 0 aliphatic heterocycles. The van der Waals surface area contributed by atoms with Crippen molar-refractivity contribution in [2.75, 3.05) is 0 Å². The van der Waals surface area contributed by atoms with Gasteiger partial charge < -0.3 is 0 Å². The molecule has 1 aromatic carbocycles. The maximum absolute atomic E-state index is 12.1. The number of nitro groups is 1. The molecule has 0 saturated carbocycles. The molecular weight excluding hydrogens is 330 g/mol. The molecule has 2 aromatic rings. The average molecular weight is 345 g/mol. The Balaban J connectivity index is 1.63. The lowest BCUT2D eigenvalue weighted by atomic mass is 9.99. The lowest BCUT2D eigenvalue weighted by molar-refractivity contribution is -0.384. The Hall–Kier alpha value is -2.74. The summed E-state index contributed by atoms with van der Waals surface area (Å²) in [5.74, 6) is -0.985. The molecule has 3 rings (SSSR count). The molecule has 2 amide bonds. The highest BCUT2D eigenvalue weighted by Crippen LogP contribution is 2.29. The number of nitrogens with one attached hydrogen (secondary N) is 2. The minimum atomic E-state index is -0.603. The molecule has 1 aliphatic rings. The van der Waals surface area contributed by atoms with Crippen molar-refractivity contribution in [2.24, 2.45) is 0 Å². The van der Waals surface area contributed by atoms with Crippen LogP contribution in [0.5, 0.6) is 0 Å². The maximum Gasteiger partial charge on any atom is 0.279 e. The molecule has 0 fully saturated rings. The van der Waals surface area contributed by atoms with Gasteiger partial charge in [0.15, 0.2) is 0 Å². The van der Waals surface area contributed by atoms with Crippen LogP contribution < -0.4 is 10.9 Å². The number of carbonyl (C=O) groups is 2. The van der Waals surface area contributed by atoms with Crippen molar-refractivity contribution < 1.29 is 14.5 Å². The van der Waals surface area contributed by atoms with Gasteiger partial charge in [0.1, 0.15) is 0 Å². The van der Waals surface area contributed by atoms with E-state index in [1.54, 1.807) is 0 Å². The number of amides is 2. The molecule has 1 aliphatic carbocycles. The summed E-state index contributed by atoms with van der Waals surface area (Å²) >= 11 is 1.44. The minimum Gasteiger partial charge on any atom is -0.267 e. The third-order valence-electron chi connectivity index (χ3n) is 3.83. The number of benzene rings is 1. The van der Waals surface area contributed by atoms with Crippen molar-refractivity contribution >= 4 is 28.8 Å². The number of thiophene rings is 1. The molecule has 0 radical (unpaired) electrons. The van der Waals surface area contributed by atoms with Crippen molar-refractivity contribution in [3.63, 3.8) is 0 Å². The fourth-order valence-electron chi connectivity index (χ4n) is 2.61. The van der Waals surface area contributed by atoms with Crippen LogP contribution in [0.4, 0.5) is 5.69 Å². The van der Waals surface area contributed by atoms with E-state index in [-0.39, 0.29) is 17.2 Å². The fraction of sp³-hybridized carbons (Fsp3) is 0.250. The Bertz CT molecular complexity index is 792. The largest absolute Gasteiger partial charge is 0.279 e. The molecule has 0 saturated heterocycles. The zero-order chi connectivity index (χ0) is 17.1. The third-order valence-corrected chi connectivity index (χ3v) is 5.06. The number of fused-ring (bicyclic) bond motifs is 1. The average Bonchev–Trinajstić information content (AvgIpc) is 3.03. The first-order valence-corrected chi connectivity index (χ1v) is 8.33. The molecule has 0 atom stereocenters. The van der Waals surface area contributed by atoms with Crippen LogP contribution in [-0.4, -0.2) is 16.7 Å². The summed E-state index contributed by atoms with van der Waals surface area (Å²) in [5, 5.41) is 10.7. The molecule has 0 bridgehead atoms. The SMILES string of the molecule is O=C(NNC(=O)c1cc2c(s1)CCCC2)c1cccc([N+](=O)[O-])c1. The van der Waals surface area contributed by atoms with Crippen molar-refractivity contribution in [3.8, 4) is 0 Å². The van der Waals surface area contributed by atoms with Gasteiger partial charge in [-0.2, -0.15) is 0 Å². The van der Waals surface area contributed by atoms with Crippen molar-refractivity contribution in [1.82, 2.24) is 10.9 Å². The third kappa shape index (κ3) is 3.43. The van der Waals surface area contributed by atoms with Crippen LogP contribution in [0.25, 0.3) is 0 Å². The highest BCUT2D eigenvalue weighted by Gasteiger charge is 2.18. The second kappa shape index (κ2) is 6.79. The van der Waals surface area contributed by atoms with E-state index in [4.69, 9.17) is 0 Å². The van der Waals surface area contributed by atoms with E-state index in [0.29, 0.717) is 4.88 Å². The van der Waals surface area contributed by atoms with Gasteiger partial charge in [-0.1, -0.05) is 6.07 Å². The minimum absolute atomic E-state index is 0.106. The van der Waals surface area contributed by atoms with Gasteiger partial charge >= 0.3 is 0 Å². The monoisotopic (exact) mass is 345 g/mol. The van der Waals surface area contributed by atoms with E-state index in [2.05, 4.69) is 10.9 Å². The van der Waals surface area contributed by atoms with Gasteiger partial charge in [-0.05, 0) is 43.4 Å². The van der Waals surface area contributed by atoms with Gasteiger partial charge in [0.25, 0.3) is 17.5 Å². The van der Waals surface area contributed by atoms with E-state index >= 15 is 0 Å². The second-order valence-electron chi connectivity index (χ2n) is 5.48. The van der Waals surface area contributed by atoms with E-state index < -0.39 is 10.8 Å². The number of carbonyl (C=O) groups excluding carboxylic acids is 2. The molecule has 0 spiro atoms. The van der Waals surface area contributed by atoms with Gasteiger partial charge in [0.2, 0.25) is 0 Å². The number of rotatable bonds is 3. The van der Waals surface area contributed by atoms with E-state index in [1.165, 1.54) is 40.0 Å².